The molecule has 2 N–H and O–H groups in total. The standard InChI is InChI=1S/C21H24N4O3/c26-20(24-18-6-2-1-3-7-18)15-28-19-10-8-16(9-11-19)13-23-25-21(27)17-5-4-12-22-14-17/h4-5,8-14,18H,1-3,6-7,15H2,(H,24,26)(H,25,27)/b23-13-. The van der Waals surface area contributed by atoms with E-state index in [1.54, 1.807) is 42.6 Å². The van der Waals surface area contributed by atoms with Crippen LogP contribution in [0.2, 0.25) is 0 Å². The van der Waals surface area contributed by atoms with Crippen molar-refractivity contribution in [2.75, 3.05) is 6.61 Å². The summed E-state index contributed by atoms with van der Waals surface area (Å²) in [5.41, 5.74) is 3.68. The fraction of sp³-hybridized carbons (Fsp3) is 0.333. The van der Waals surface area contributed by atoms with E-state index in [-0.39, 0.29) is 24.5 Å². The van der Waals surface area contributed by atoms with E-state index in [4.69, 9.17) is 4.74 Å². The Balaban J connectivity index is 1.41. The van der Waals surface area contributed by atoms with Crippen LogP contribution in [0.4, 0.5) is 0 Å². The maximum Gasteiger partial charge on any atom is 0.272 e. The van der Waals surface area contributed by atoms with Gasteiger partial charge in [0, 0.05) is 18.4 Å². The van der Waals surface area contributed by atoms with Crippen molar-refractivity contribution in [3.63, 3.8) is 0 Å². The molecule has 0 bridgehead atoms. The van der Waals surface area contributed by atoms with Gasteiger partial charge in [0.15, 0.2) is 6.61 Å². The summed E-state index contributed by atoms with van der Waals surface area (Å²) in [7, 11) is 0. The second kappa shape index (κ2) is 10.2. The van der Waals surface area contributed by atoms with E-state index in [2.05, 4.69) is 20.8 Å². The number of pyridine rings is 1. The van der Waals surface area contributed by atoms with E-state index in [1.165, 1.54) is 31.7 Å². The van der Waals surface area contributed by atoms with Crippen molar-refractivity contribution >= 4 is 18.0 Å². The van der Waals surface area contributed by atoms with Crippen LogP contribution in [0.5, 0.6) is 5.75 Å². The Bertz CT molecular complexity index is 800. The Labute approximate surface area is 164 Å². The molecule has 0 aliphatic heterocycles. The predicted molar refractivity (Wildman–Crippen MR) is 106 cm³/mol. The lowest BCUT2D eigenvalue weighted by molar-refractivity contribution is -0.124. The summed E-state index contributed by atoms with van der Waals surface area (Å²) in [6.45, 7) is 0.00506. The lowest BCUT2D eigenvalue weighted by Crippen LogP contribution is -2.38. The maximum absolute atomic E-state index is 12.0. The maximum atomic E-state index is 12.0. The molecule has 1 aliphatic rings. The Morgan fingerprint density at radius 2 is 1.93 bits per heavy atom. The molecule has 2 amide bonds. The number of hydrogen-bond acceptors (Lipinski definition) is 5. The largest absolute Gasteiger partial charge is 0.484 e. The van der Waals surface area contributed by atoms with E-state index in [1.807, 2.05) is 0 Å². The Morgan fingerprint density at radius 3 is 2.64 bits per heavy atom. The molecule has 1 aromatic carbocycles. The lowest BCUT2D eigenvalue weighted by atomic mass is 9.95. The third-order valence-electron chi connectivity index (χ3n) is 4.52. The minimum Gasteiger partial charge on any atom is -0.484 e. The van der Waals surface area contributed by atoms with Gasteiger partial charge in [-0.05, 0) is 54.8 Å². The molecule has 1 heterocycles. The van der Waals surface area contributed by atoms with Crippen molar-refractivity contribution in [1.29, 1.82) is 0 Å². The Kier molecular flexibility index (Phi) is 7.12. The molecular weight excluding hydrogens is 356 g/mol. The molecule has 2 aromatic rings. The van der Waals surface area contributed by atoms with Crippen LogP contribution in [-0.2, 0) is 4.79 Å². The minimum atomic E-state index is -0.326. The molecule has 1 aliphatic carbocycles. The van der Waals surface area contributed by atoms with Crippen molar-refractivity contribution in [3.8, 4) is 5.75 Å². The molecule has 0 saturated heterocycles. The fourth-order valence-electron chi connectivity index (χ4n) is 3.04. The van der Waals surface area contributed by atoms with Crippen LogP contribution in [0.3, 0.4) is 0 Å². The number of nitrogens with zero attached hydrogens (tertiary/aromatic N) is 2. The first-order chi connectivity index (χ1) is 13.7. The first kappa shape index (κ1) is 19.5. The van der Waals surface area contributed by atoms with Crippen LogP contribution in [0.1, 0.15) is 48.0 Å². The topological polar surface area (TPSA) is 92.7 Å². The SMILES string of the molecule is O=C(COc1ccc(/C=N\NC(=O)c2cccnc2)cc1)NC1CCCCC1. The summed E-state index contributed by atoms with van der Waals surface area (Å²) in [6, 6.07) is 10.8. The number of aromatic nitrogens is 1. The van der Waals surface area contributed by atoms with Gasteiger partial charge in [-0.2, -0.15) is 5.10 Å². The van der Waals surface area contributed by atoms with E-state index >= 15 is 0 Å². The number of carbonyl (C=O) groups excluding carboxylic acids is 2. The molecule has 146 valence electrons. The number of nitrogens with one attached hydrogen (secondary N) is 2. The number of carbonyl (C=O) groups is 2. The molecule has 1 saturated carbocycles. The molecule has 1 fully saturated rings. The second-order valence-corrected chi connectivity index (χ2v) is 6.70. The molecule has 7 heteroatoms. The normalized spacial score (nSPS) is 14.6. The number of ether oxygens (including phenoxy) is 1. The monoisotopic (exact) mass is 380 g/mol. The van der Waals surface area contributed by atoms with E-state index < -0.39 is 0 Å². The third-order valence-corrected chi connectivity index (χ3v) is 4.52. The van der Waals surface area contributed by atoms with Crippen LogP contribution >= 0.6 is 0 Å². The van der Waals surface area contributed by atoms with Crippen LogP contribution in [-0.4, -0.2) is 35.7 Å². The van der Waals surface area contributed by atoms with Crippen LogP contribution in [0.15, 0.2) is 53.9 Å². The Hall–Kier alpha value is -3.22. The molecule has 1 aromatic heterocycles. The smallest absolute Gasteiger partial charge is 0.272 e. The van der Waals surface area contributed by atoms with E-state index in [9.17, 15) is 9.59 Å². The lowest BCUT2D eigenvalue weighted by Gasteiger charge is -2.22. The molecular formula is C21H24N4O3. The zero-order valence-electron chi connectivity index (χ0n) is 15.6. The summed E-state index contributed by atoms with van der Waals surface area (Å²) < 4.78 is 5.53. The third kappa shape index (κ3) is 6.19. The van der Waals surface area contributed by atoms with Gasteiger partial charge in [0.2, 0.25) is 0 Å². The highest BCUT2D eigenvalue weighted by Gasteiger charge is 2.15. The second-order valence-electron chi connectivity index (χ2n) is 6.70. The average molecular weight is 380 g/mol. The summed E-state index contributed by atoms with van der Waals surface area (Å²) in [5, 5.41) is 6.95. The highest BCUT2D eigenvalue weighted by Crippen LogP contribution is 2.17. The molecule has 0 atom stereocenters. The van der Waals surface area contributed by atoms with Crippen molar-refractivity contribution in [2.45, 2.75) is 38.1 Å². The summed E-state index contributed by atoms with van der Waals surface area (Å²) in [5.74, 6) is 0.194. The van der Waals surface area contributed by atoms with Gasteiger partial charge in [0.05, 0.1) is 11.8 Å². The first-order valence-electron chi connectivity index (χ1n) is 9.46. The highest BCUT2D eigenvalue weighted by atomic mass is 16.5. The van der Waals surface area contributed by atoms with Gasteiger partial charge >= 0.3 is 0 Å². The van der Waals surface area contributed by atoms with E-state index in [0.717, 1.165) is 18.4 Å². The quantitative estimate of drug-likeness (QED) is 0.570. The summed E-state index contributed by atoms with van der Waals surface area (Å²) >= 11 is 0. The van der Waals surface area contributed by atoms with Crippen LogP contribution < -0.4 is 15.5 Å². The minimum absolute atomic E-state index is 0.00506. The fourth-order valence-corrected chi connectivity index (χ4v) is 3.04. The van der Waals surface area contributed by atoms with Crippen molar-refractivity contribution < 1.29 is 14.3 Å². The number of benzene rings is 1. The number of rotatable bonds is 7. The van der Waals surface area contributed by atoms with Crippen LogP contribution in [0.25, 0.3) is 0 Å². The van der Waals surface area contributed by atoms with Crippen LogP contribution in [0, 0.1) is 0 Å². The Morgan fingerprint density at radius 1 is 1.14 bits per heavy atom. The van der Waals surface area contributed by atoms with Gasteiger partial charge in [-0.3, -0.25) is 14.6 Å². The van der Waals surface area contributed by atoms with Crippen molar-refractivity contribution in [3.05, 3.63) is 59.9 Å². The molecule has 0 unspecified atom stereocenters. The van der Waals surface area contributed by atoms with E-state index in [0.29, 0.717) is 11.3 Å². The zero-order valence-corrected chi connectivity index (χ0v) is 15.6. The molecule has 0 spiro atoms. The first-order valence-corrected chi connectivity index (χ1v) is 9.46. The van der Waals surface area contributed by atoms with Gasteiger partial charge in [-0.1, -0.05) is 19.3 Å². The van der Waals surface area contributed by atoms with Gasteiger partial charge < -0.3 is 10.1 Å². The predicted octanol–water partition coefficient (Wildman–Crippen LogP) is 2.67. The zero-order chi connectivity index (χ0) is 19.6. The number of hydrazone groups is 1. The van der Waals surface area contributed by atoms with Gasteiger partial charge in [-0.25, -0.2) is 5.43 Å². The molecule has 28 heavy (non-hydrogen) atoms. The van der Waals surface area contributed by atoms with Gasteiger partial charge in [0.25, 0.3) is 11.8 Å². The summed E-state index contributed by atoms with van der Waals surface area (Å²) in [6.07, 6.45) is 10.3. The van der Waals surface area contributed by atoms with Gasteiger partial charge in [-0.15, -0.1) is 0 Å². The molecule has 7 nitrogen and oxygen atoms in total. The van der Waals surface area contributed by atoms with Gasteiger partial charge in [0.1, 0.15) is 5.75 Å². The summed E-state index contributed by atoms with van der Waals surface area (Å²) in [4.78, 5) is 27.7. The molecule has 0 radical (unpaired) electrons. The average Bonchev–Trinajstić information content (AvgIpc) is 2.74. The van der Waals surface area contributed by atoms with Crippen molar-refractivity contribution in [1.82, 2.24) is 15.7 Å². The van der Waals surface area contributed by atoms with Crippen molar-refractivity contribution in [2.24, 2.45) is 5.10 Å². The number of amides is 2. The highest BCUT2D eigenvalue weighted by molar-refractivity contribution is 5.94. The molecule has 3 rings (SSSR count). The number of hydrogen-bond donors (Lipinski definition) is 2.